The fourth-order valence-corrected chi connectivity index (χ4v) is 3.07. The van der Waals surface area contributed by atoms with Crippen LogP contribution < -0.4 is 5.32 Å². The first-order valence-electron chi connectivity index (χ1n) is 8.86. The van der Waals surface area contributed by atoms with Crippen LogP contribution >= 0.6 is 0 Å². The molecule has 0 bridgehead atoms. The number of likely N-dealkylation sites (tertiary alicyclic amines) is 1. The molecule has 2 N–H and O–H groups in total. The SMILES string of the molecule is Cc1nc(-c2ccc(C(=O)NC3CCN(C(=O)CC(F)(F)F)CC3)cc2)n[nH]1. The van der Waals surface area contributed by atoms with Crippen LogP contribution in [-0.2, 0) is 4.79 Å². The quantitative estimate of drug-likeness (QED) is 0.832. The topological polar surface area (TPSA) is 91.0 Å². The van der Waals surface area contributed by atoms with Crippen molar-refractivity contribution in [1.29, 1.82) is 0 Å². The Bertz CT molecular complexity index is 840. The molecular formula is C18H20F3N5O2. The molecule has 0 aliphatic carbocycles. The third-order valence-electron chi connectivity index (χ3n) is 4.54. The molecule has 1 aliphatic rings. The normalized spacial score (nSPS) is 15.5. The fraction of sp³-hybridized carbons (Fsp3) is 0.444. The van der Waals surface area contributed by atoms with Crippen LogP contribution in [0.1, 0.15) is 35.4 Å². The van der Waals surface area contributed by atoms with Gasteiger partial charge in [0.1, 0.15) is 12.2 Å². The lowest BCUT2D eigenvalue weighted by Gasteiger charge is -2.32. The number of aromatic nitrogens is 3. The monoisotopic (exact) mass is 395 g/mol. The molecule has 3 rings (SSSR count). The number of carbonyl (C=O) groups is 2. The van der Waals surface area contributed by atoms with Crippen LogP contribution in [0.25, 0.3) is 11.4 Å². The Labute approximate surface area is 159 Å². The number of carbonyl (C=O) groups excluding carboxylic acids is 2. The molecule has 7 nitrogen and oxygen atoms in total. The maximum Gasteiger partial charge on any atom is 0.397 e. The lowest BCUT2D eigenvalue weighted by atomic mass is 10.0. The van der Waals surface area contributed by atoms with Crippen molar-refractivity contribution in [3.8, 4) is 11.4 Å². The summed E-state index contributed by atoms with van der Waals surface area (Å²) in [5.41, 5.74) is 1.24. The smallest absolute Gasteiger partial charge is 0.349 e. The number of benzene rings is 1. The highest BCUT2D eigenvalue weighted by atomic mass is 19.4. The number of hydrogen-bond acceptors (Lipinski definition) is 4. The van der Waals surface area contributed by atoms with Gasteiger partial charge in [0.2, 0.25) is 5.91 Å². The Balaban J connectivity index is 1.51. The first kappa shape index (κ1) is 19.8. The van der Waals surface area contributed by atoms with Crippen LogP contribution in [0.4, 0.5) is 13.2 Å². The predicted molar refractivity (Wildman–Crippen MR) is 94.3 cm³/mol. The maximum atomic E-state index is 12.4. The highest BCUT2D eigenvalue weighted by Crippen LogP contribution is 2.22. The molecular weight excluding hydrogens is 375 g/mol. The molecule has 0 unspecified atom stereocenters. The fourth-order valence-electron chi connectivity index (χ4n) is 3.07. The van der Waals surface area contributed by atoms with Gasteiger partial charge >= 0.3 is 6.18 Å². The van der Waals surface area contributed by atoms with Gasteiger partial charge in [0.25, 0.3) is 5.91 Å². The molecule has 10 heteroatoms. The molecule has 2 heterocycles. The number of rotatable bonds is 4. The van der Waals surface area contributed by atoms with Crippen molar-refractivity contribution in [2.24, 2.45) is 0 Å². The van der Waals surface area contributed by atoms with Gasteiger partial charge in [-0.15, -0.1) is 0 Å². The summed E-state index contributed by atoms with van der Waals surface area (Å²) in [5, 5.41) is 9.68. The summed E-state index contributed by atoms with van der Waals surface area (Å²) in [6, 6.07) is 6.64. The van der Waals surface area contributed by atoms with Crippen LogP contribution in [0.5, 0.6) is 0 Å². The number of nitrogens with one attached hydrogen (secondary N) is 2. The molecule has 150 valence electrons. The van der Waals surface area contributed by atoms with E-state index in [0.29, 0.717) is 30.1 Å². The molecule has 1 aliphatic heterocycles. The number of H-pyrrole nitrogens is 1. The van der Waals surface area contributed by atoms with Gasteiger partial charge in [-0.1, -0.05) is 12.1 Å². The second kappa shape index (κ2) is 7.99. The summed E-state index contributed by atoms with van der Waals surface area (Å²) in [6.07, 6.45) is -5.10. The number of amides is 2. The van der Waals surface area contributed by atoms with Crippen LogP contribution in [0, 0.1) is 6.92 Å². The average molecular weight is 395 g/mol. The van der Waals surface area contributed by atoms with Crippen molar-refractivity contribution in [2.75, 3.05) is 13.1 Å². The zero-order valence-electron chi connectivity index (χ0n) is 15.2. The molecule has 1 aromatic heterocycles. The Morgan fingerprint density at radius 1 is 1.21 bits per heavy atom. The third-order valence-corrected chi connectivity index (χ3v) is 4.54. The van der Waals surface area contributed by atoms with Crippen LogP contribution in [-0.4, -0.2) is 57.2 Å². The Morgan fingerprint density at radius 2 is 1.86 bits per heavy atom. The molecule has 28 heavy (non-hydrogen) atoms. The van der Waals surface area contributed by atoms with Gasteiger partial charge in [-0.05, 0) is 31.9 Å². The van der Waals surface area contributed by atoms with Gasteiger partial charge < -0.3 is 10.2 Å². The summed E-state index contributed by atoms with van der Waals surface area (Å²) >= 11 is 0. The minimum absolute atomic E-state index is 0.183. The number of aryl methyl sites for hydroxylation is 1. The van der Waals surface area contributed by atoms with Crippen LogP contribution in [0.3, 0.4) is 0 Å². The second-order valence-corrected chi connectivity index (χ2v) is 6.74. The van der Waals surface area contributed by atoms with E-state index in [1.807, 2.05) is 0 Å². The number of piperidine rings is 1. The van der Waals surface area contributed by atoms with Crippen molar-refractivity contribution in [3.63, 3.8) is 0 Å². The number of halogens is 3. The standard InChI is InChI=1S/C18H20F3N5O2/c1-11-22-16(25-24-11)12-2-4-13(5-3-12)17(28)23-14-6-8-26(9-7-14)15(27)10-18(19,20)21/h2-5,14H,6-10H2,1H3,(H,23,28)(H,22,24,25). The molecule has 2 aromatic rings. The summed E-state index contributed by atoms with van der Waals surface area (Å²) in [5.74, 6) is 0.0464. The number of aromatic amines is 1. The average Bonchev–Trinajstić information content (AvgIpc) is 3.07. The van der Waals surface area contributed by atoms with Crippen LogP contribution in [0.15, 0.2) is 24.3 Å². The van der Waals surface area contributed by atoms with E-state index in [1.54, 1.807) is 31.2 Å². The lowest BCUT2D eigenvalue weighted by Crippen LogP contribution is -2.47. The predicted octanol–water partition coefficient (Wildman–Crippen LogP) is 2.45. The number of nitrogens with zero attached hydrogens (tertiary/aromatic N) is 3. The van der Waals surface area contributed by atoms with Crippen molar-refractivity contribution < 1.29 is 22.8 Å². The molecule has 0 spiro atoms. The van der Waals surface area contributed by atoms with Crippen molar-refractivity contribution in [3.05, 3.63) is 35.7 Å². The lowest BCUT2D eigenvalue weighted by molar-refractivity contribution is -0.162. The van der Waals surface area contributed by atoms with Gasteiger partial charge in [-0.25, -0.2) is 4.98 Å². The highest BCUT2D eigenvalue weighted by molar-refractivity contribution is 5.94. The molecule has 0 atom stereocenters. The highest BCUT2D eigenvalue weighted by Gasteiger charge is 2.34. The largest absolute Gasteiger partial charge is 0.397 e. The number of hydrogen-bond donors (Lipinski definition) is 2. The third kappa shape index (κ3) is 5.08. The molecule has 2 amide bonds. The zero-order chi connectivity index (χ0) is 20.3. The van der Waals surface area contributed by atoms with Gasteiger partial charge in [-0.3, -0.25) is 14.7 Å². The van der Waals surface area contributed by atoms with E-state index in [2.05, 4.69) is 20.5 Å². The van der Waals surface area contributed by atoms with Gasteiger partial charge in [0.15, 0.2) is 5.82 Å². The van der Waals surface area contributed by atoms with Gasteiger partial charge in [0, 0.05) is 30.3 Å². The first-order valence-corrected chi connectivity index (χ1v) is 8.86. The summed E-state index contributed by atoms with van der Waals surface area (Å²) in [7, 11) is 0. The van der Waals surface area contributed by atoms with Crippen molar-refractivity contribution in [1.82, 2.24) is 25.4 Å². The minimum atomic E-state index is -4.50. The first-order chi connectivity index (χ1) is 13.2. The molecule has 1 aromatic carbocycles. The van der Waals surface area contributed by atoms with E-state index in [0.717, 1.165) is 5.56 Å². The van der Waals surface area contributed by atoms with Gasteiger partial charge in [-0.2, -0.15) is 18.3 Å². The van der Waals surface area contributed by atoms with E-state index in [1.165, 1.54) is 4.90 Å². The Kier molecular flexibility index (Phi) is 5.66. The Hall–Kier alpha value is -2.91. The molecule has 1 saturated heterocycles. The summed E-state index contributed by atoms with van der Waals surface area (Å²) in [6.45, 7) is 2.19. The molecule has 0 saturated carbocycles. The van der Waals surface area contributed by atoms with E-state index >= 15 is 0 Å². The zero-order valence-corrected chi connectivity index (χ0v) is 15.2. The number of alkyl halides is 3. The molecule has 1 fully saturated rings. The summed E-state index contributed by atoms with van der Waals surface area (Å²) < 4.78 is 37.0. The Morgan fingerprint density at radius 3 is 2.39 bits per heavy atom. The minimum Gasteiger partial charge on any atom is -0.349 e. The van der Waals surface area contributed by atoms with Crippen LogP contribution in [0.2, 0.25) is 0 Å². The van der Waals surface area contributed by atoms with E-state index < -0.39 is 18.5 Å². The second-order valence-electron chi connectivity index (χ2n) is 6.74. The van der Waals surface area contributed by atoms with Crippen molar-refractivity contribution >= 4 is 11.8 Å². The van der Waals surface area contributed by atoms with Crippen molar-refractivity contribution in [2.45, 2.75) is 38.4 Å². The summed E-state index contributed by atoms with van der Waals surface area (Å²) in [4.78, 5) is 29.4. The van der Waals surface area contributed by atoms with E-state index in [4.69, 9.17) is 0 Å². The maximum absolute atomic E-state index is 12.4. The van der Waals surface area contributed by atoms with Gasteiger partial charge in [0.05, 0.1) is 0 Å². The van der Waals surface area contributed by atoms with E-state index in [9.17, 15) is 22.8 Å². The molecule has 0 radical (unpaired) electrons. The van der Waals surface area contributed by atoms with E-state index in [-0.39, 0.29) is 25.0 Å².